The van der Waals surface area contributed by atoms with Gasteiger partial charge in [-0.2, -0.15) is 0 Å². The smallest absolute Gasteiger partial charge is 0.119 e. The van der Waals surface area contributed by atoms with Crippen LogP contribution >= 0.6 is 0 Å². The molecule has 2 aromatic rings. The van der Waals surface area contributed by atoms with Crippen molar-refractivity contribution in [1.82, 2.24) is 0 Å². The van der Waals surface area contributed by atoms with E-state index in [-0.39, 0.29) is 0 Å². The maximum Gasteiger partial charge on any atom is 0.119 e. The van der Waals surface area contributed by atoms with E-state index < -0.39 is 0 Å². The Morgan fingerprint density at radius 1 is 0.737 bits per heavy atom. The minimum absolute atomic E-state index is 0.895. The van der Waals surface area contributed by atoms with Crippen LogP contribution in [0.25, 0.3) is 12.2 Å². The highest BCUT2D eigenvalue weighted by atomic mass is 16.5. The van der Waals surface area contributed by atoms with E-state index in [1.54, 1.807) is 14.2 Å². The zero-order valence-electron chi connectivity index (χ0n) is 11.1. The molecule has 2 aromatic carbocycles. The maximum atomic E-state index is 5.28. The van der Waals surface area contributed by atoms with Crippen LogP contribution in [-0.2, 0) is 6.42 Å². The molecule has 19 heavy (non-hydrogen) atoms. The number of rotatable bonds is 2. The summed E-state index contributed by atoms with van der Waals surface area (Å²) in [6.45, 7) is 0. The molecule has 0 aliphatic heterocycles. The average Bonchev–Trinajstić information content (AvgIpc) is 2.64. The summed E-state index contributed by atoms with van der Waals surface area (Å²) < 4.78 is 10.6. The molecule has 2 nitrogen and oxygen atoms in total. The van der Waals surface area contributed by atoms with Gasteiger partial charge in [0.25, 0.3) is 0 Å². The Kier molecular flexibility index (Phi) is 3.00. The van der Waals surface area contributed by atoms with Crippen molar-refractivity contribution in [2.75, 3.05) is 14.2 Å². The van der Waals surface area contributed by atoms with Gasteiger partial charge in [-0.1, -0.05) is 24.3 Å². The molecule has 0 heterocycles. The van der Waals surface area contributed by atoms with E-state index in [1.165, 1.54) is 22.3 Å². The molecule has 0 saturated carbocycles. The molecule has 0 aromatic heterocycles. The van der Waals surface area contributed by atoms with Crippen molar-refractivity contribution in [3.63, 3.8) is 0 Å². The van der Waals surface area contributed by atoms with E-state index in [0.29, 0.717) is 0 Å². The molecule has 0 radical (unpaired) electrons. The summed E-state index contributed by atoms with van der Waals surface area (Å²) in [5, 5.41) is 0. The van der Waals surface area contributed by atoms with Crippen molar-refractivity contribution in [2.24, 2.45) is 0 Å². The zero-order chi connectivity index (χ0) is 13.2. The second-order valence-electron chi connectivity index (χ2n) is 4.64. The van der Waals surface area contributed by atoms with Crippen molar-refractivity contribution in [3.05, 3.63) is 58.7 Å². The molecule has 0 bridgehead atoms. The summed E-state index contributed by atoms with van der Waals surface area (Å²) in [7, 11) is 3.39. The third-order valence-corrected chi connectivity index (χ3v) is 3.53. The predicted octanol–water partition coefficient (Wildman–Crippen LogP) is 3.78. The fourth-order valence-corrected chi connectivity index (χ4v) is 2.42. The van der Waals surface area contributed by atoms with Crippen LogP contribution < -0.4 is 9.47 Å². The number of benzene rings is 2. The molecular weight excluding hydrogens is 236 g/mol. The normalized spacial score (nSPS) is 12.3. The second kappa shape index (κ2) is 4.81. The van der Waals surface area contributed by atoms with Gasteiger partial charge in [-0.15, -0.1) is 0 Å². The summed E-state index contributed by atoms with van der Waals surface area (Å²) in [6, 6.07) is 12.5. The molecule has 0 spiro atoms. The first-order valence-corrected chi connectivity index (χ1v) is 6.32. The molecule has 0 saturated heterocycles. The van der Waals surface area contributed by atoms with Crippen LogP contribution in [0, 0.1) is 0 Å². The quantitative estimate of drug-likeness (QED) is 0.691. The number of methoxy groups -OCH3 is 2. The fraction of sp³-hybridized carbons (Fsp3) is 0.176. The Labute approximate surface area is 113 Å². The van der Waals surface area contributed by atoms with Gasteiger partial charge in [0.15, 0.2) is 0 Å². The van der Waals surface area contributed by atoms with Gasteiger partial charge in [0.1, 0.15) is 11.5 Å². The van der Waals surface area contributed by atoms with Crippen LogP contribution in [0.4, 0.5) is 0 Å². The molecule has 0 atom stereocenters. The molecular formula is C17H16O2. The lowest BCUT2D eigenvalue weighted by molar-refractivity contribution is 0.414. The SMILES string of the molecule is COc1ccc2c(c1)C=Cc1cc(OC)ccc1C2. The van der Waals surface area contributed by atoms with E-state index >= 15 is 0 Å². The maximum absolute atomic E-state index is 5.28. The van der Waals surface area contributed by atoms with Crippen LogP contribution in [0.15, 0.2) is 36.4 Å². The molecule has 3 rings (SSSR count). The Morgan fingerprint density at radius 3 is 1.63 bits per heavy atom. The lowest BCUT2D eigenvalue weighted by Crippen LogP contribution is -1.94. The van der Waals surface area contributed by atoms with Crippen LogP contribution in [0.1, 0.15) is 22.3 Å². The second-order valence-corrected chi connectivity index (χ2v) is 4.64. The highest BCUT2D eigenvalue weighted by molar-refractivity contribution is 5.76. The number of fused-ring (bicyclic) bond motifs is 2. The minimum Gasteiger partial charge on any atom is -0.497 e. The van der Waals surface area contributed by atoms with E-state index in [9.17, 15) is 0 Å². The topological polar surface area (TPSA) is 18.5 Å². The van der Waals surface area contributed by atoms with Crippen molar-refractivity contribution >= 4 is 12.2 Å². The monoisotopic (exact) mass is 252 g/mol. The van der Waals surface area contributed by atoms with E-state index in [0.717, 1.165) is 17.9 Å². The minimum atomic E-state index is 0.895. The van der Waals surface area contributed by atoms with Crippen molar-refractivity contribution in [2.45, 2.75) is 6.42 Å². The number of hydrogen-bond acceptors (Lipinski definition) is 2. The number of hydrogen-bond donors (Lipinski definition) is 0. The van der Waals surface area contributed by atoms with Crippen LogP contribution in [-0.4, -0.2) is 14.2 Å². The highest BCUT2D eigenvalue weighted by Crippen LogP contribution is 2.29. The van der Waals surface area contributed by atoms with Gasteiger partial charge in [0.2, 0.25) is 0 Å². The van der Waals surface area contributed by atoms with Crippen molar-refractivity contribution in [3.8, 4) is 11.5 Å². The molecule has 0 amide bonds. The van der Waals surface area contributed by atoms with Gasteiger partial charge in [-0.3, -0.25) is 0 Å². The van der Waals surface area contributed by atoms with Gasteiger partial charge in [-0.05, 0) is 52.9 Å². The standard InChI is InChI=1S/C17H16O2/c1-18-16-7-5-12-9-13-6-8-17(19-2)11-15(13)4-3-14(12)10-16/h3-8,10-11H,9H2,1-2H3. The highest BCUT2D eigenvalue weighted by Gasteiger charge is 2.10. The van der Waals surface area contributed by atoms with E-state index in [2.05, 4.69) is 36.4 Å². The van der Waals surface area contributed by atoms with Gasteiger partial charge in [0, 0.05) is 0 Å². The lowest BCUT2D eigenvalue weighted by atomic mass is 9.99. The lowest BCUT2D eigenvalue weighted by Gasteiger charge is -2.09. The Morgan fingerprint density at radius 2 is 1.21 bits per heavy atom. The Balaban J connectivity index is 2.07. The van der Waals surface area contributed by atoms with Crippen LogP contribution in [0.2, 0.25) is 0 Å². The zero-order valence-corrected chi connectivity index (χ0v) is 11.1. The summed E-state index contributed by atoms with van der Waals surface area (Å²) in [5.74, 6) is 1.79. The average molecular weight is 252 g/mol. The number of ether oxygens (including phenoxy) is 2. The first-order valence-electron chi connectivity index (χ1n) is 6.32. The van der Waals surface area contributed by atoms with Gasteiger partial charge in [-0.25, -0.2) is 0 Å². The molecule has 2 heteroatoms. The first-order chi connectivity index (χ1) is 9.30. The molecule has 96 valence electrons. The molecule has 0 N–H and O–H groups in total. The van der Waals surface area contributed by atoms with Gasteiger partial charge in [0.05, 0.1) is 14.2 Å². The third-order valence-electron chi connectivity index (χ3n) is 3.53. The van der Waals surface area contributed by atoms with Crippen LogP contribution in [0.3, 0.4) is 0 Å². The van der Waals surface area contributed by atoms with Gasteiger partial charge >= 0.3 is 0 Å². The summed E-state index contributed by atoms with van der Waals surface area (Å²) >= 11 is 0. The summed E-state index contributed by atoms with van der Waals surface area (Å²) in [4.78, 5) is 0. The van der Waals surface area contributed by atoms with E-state index in [4.69, 9.17) is 9.47 Å². The van der Waals surface area contributed by atoms with Crippen molar-refractivity contribution in [1.29, 1.82) is 0 Å². The summed E-state index contributed by atoms with van der Waals surface area (Å²) in [6.07, 6.45) is 5.22. The molecule has 0 unspecified atom stereocenters. The predicted molar refractivity (Wildman–Crippen MR) is 77.7 cm³/mol. The van der Waals surface area contributed by atoms with Crippen LogP contribution in [0.5, 0.6) is 11.5 Å². The van der Waals surface area contributed by atoms with Gasteiger partial charge < -0.3 is 9.47 Å². The molecule has 1 aliphatic carbocycles. The summed E-state index contributed by atoms with van der Waals surface area (Å²) in [5.41, 5.74) is 5.07. The van der Waals surface area contributed by atoms with E-state index in [1.807, 2.05) is 12.1 Å². The van der Waals surface area contributed by atoms with Crippen molar-refractivity contribution < 1.29 is 9.47 Å². The largest absolute Gasteiger partial charge is 0.497 e. The third kappa shape index (κ3) is 2.22. The Bertz CT molecular complexity index is 586. The first kappa shape index (κ1) is 11.8. The fourth-order valence-electron chi connectivity index (χ4n) is 2.42. The molecule has 1 aliphatic rings. The Hall–Kier alpha value is -2.22. The molecule has 0 fully saturated rings.